The highest BCUT2D eigenvalue weighted by Crippen LogP contribution is 2.21. The average Bonchev–Trinajstić information content (AvgIpc) is 2.43. The van der Waals surface area contributed by atoms with Crippen LogP contribution in [-0.4, -0.2) is 30.6 Å². The molecule has 0 unspecified atom stereocenters. The maximum Gasteiger partial charge on any atom is 0.306 e. The van der Waals surface area contributed by atoms with Crippen molar-refractivity contribution in [1.29, 1.82) is 0 Å². The van der Waals surface area contributed by atoms with E-state index in [4.69, 9.17) is 21.1 Å². The summed E-state index contributed by atoms with van der Waals surface area (Å²) >= 11 is 5.93. The first-order chi connectivity index (χ1) is 10.7. The first-order valence-electron chi connectivity index (χ1n) is 7.53. The minimum Gasteiger partial charge on any atom is -0.494 e. The highest BCUT2D eigenvalue weighted by molar-refractivity contribution is 6.31. The Morgan fingerprint density at radius 2 is 1.96 bits per heavy atom. The van der Waals surface area contributed by atoms with E-state index in [-0.39, 0.29) is 24.5 Å². The third-order valence-electron chi connectivity index (χ3n) is 2.80. The van der Waals surface area contributed by atoms with Gasteiger partial charge in [0.2, 0.25) is 0 Å². The Morgan fingerprint density at radius 1 is 1.26 bits per heavy atom. The lowest BCUT2D eigenvalue weighted by molar-refractivity contribution is -0.149. The summed E-state index contributed by atoms with van der Waals surface area (Å²) in [5.41, 5.74) is 0.599. The van der Waals surface area contributed by atoms with Crippen LogP contribution in [-0.2, 0) is 14.3 Å². The van der Waals surface area contributed by atoms with Gasteiger partial charge in [-0.1, -0.05) is 11.6 Å². The Hall–Kier alpha value is -1.75. The maximum absolute atomic E-state index is 11.5. The van der Waals surface area contributed by atoms with E-state index in [1.165, 1.54) is 0 Å². The summed E-state index contributed by atoms with van der Waals surface area (Å²) in [4.78, 5) is 23.1. The number of hydrogen-bond donors (Lipinski definition) is 1. The van der Waals surface area contributed by atoms with Crippen molar-refractivity contribution >= 4 is 23.5 Å². The van der Waals surface area contributed by atoms with Gasteiger partial charge in [-0.05, 0) is 57.9 Å². The van der Waals surface area contributed by atoms with Gasteiger partial charge >= 0.3 is 5.97 Å². The molecule has 6 heteroatoms. The summed E-state index contributed by atoms with van der Waals surface area (Å²) in [7, 11) is 0. The molecule has 0 aliphatic carbocycles. The summed E-state index contributed by atoms with van der Waals surface area (Å²) in [6.45, 7) is 7.63. The predicted octanol–water partition coefficient (Wildman–Crippen LogP) is 3.27. The van der Waals surface area contributed by atoms with Gasteiger partial charge < -0.3 is 14.8 Å². The fourth-order valence-corrected chi connectivity index (χ4v) is 1.90. The number of nitrogens with one attached hydrogen (secondary N) is 1. The highest BCUT2D eigenvalue weighted by atomic mass is 35.5. The van der Waals surface area contributed by atoms with Crippen molar-refractivity contribution < 1.29 is 19.1 Å². The standard InChI is InChI=1S/C17H24ClNO4/c1-12-10-13(7-8-14(12)18)22-9-5-6-16(21)23-11-15(20)19-17(2,3)4/h7-8,10H,5-6,9,11H2,1-4H3,(H,19,20). The van der Waals surface area contributed by atoms with Gasteiger partial charge in [0.1, 0.15) is 5.75 Å². The van der Waals surface area contributed by atoms with Crippen molar-refractivity contribution in [3.05, 3.63) is 28.8 Å². The molecule has 0 saturated carbocycles. The molecule has 1 aromatic carbocycles. The van der Waals surface area contributed by atoms with Crippen LogP contribution in [0.5, 0.6) is 5.75 Å². The monoisotopic (exact) mass is 341 g/mol. The topological polar surface area (TPSA) is 64.6 Å². The number of ether oxygens (including phenoxy) is 2. The van der Waals surface area contributed by atoms with E-state index in [1.807, 2.05) is 33.8 Å². The van der Waals surface area contributed by atoms with Crippen LogP contribution in [0.3, 0.4) is 0 Å². The molecule has 1 aromatic rings. The van der Waals surface area contributed by atoms with Crippen molar-refractivity contribution in [1.82, 2.24) is 5.32 Å². The van der Waals surface area contributed by atoms with Gasteiger partial charge in [0.25, 0.3) is 5.91 Å². The quantitative estimate of drug-likeness (QED) is 0.610. The van der Waals surface area contributed by atoms with Crippen LogP contribution in [0.15, 0.2) is 18.2 Å². The number of rotatable bonds is 7. The van der Waals surface area contributed by atoms with Crippen molar-refractivity contribution in [2.24, 2.45) is 0 Å². The van der Waals surface area contributed by atoms with Crippen molar-refractivity contribution in [3.8, 4) is 5.75 Å². The van der Waals surface area contributed by atoms with Crippen molar-refractivity contribution in [3.63, 3.8) is 0 Å². The fraction of sp³-hybridized carbons (Fsp3) is 0.529. The van der Waals surface area contributed by atoms with Gasteiger partial charge in [0.15, 0.2) is 6.61 Å². The molecule has 0 fully saturated rings. The molecule has 0 spiro atoms. The van der Waals surface area contributed by atoms with E-state index >= 15 is 0 Å². The van der Waals surface area contributed by atoms with Crippen LogP contribution in [0.1, 0.15) is 39.2 Å². The second-order valence-electron chi connectivity index (χ2n) is 6.32. The first-order valence-corrected chi connectivity index (χ1v) is 7.91. The molecular formula is C17H24ClNO4. The van der Waals surface area contributed by atoms with Crippen LogP contribution >= 0.6 is 11.6 Å². The van der Waals surface area contributed by atoms with Gasteiger partial charge in [0, 0.05) is 17.0 Å². The van der Waals surface area contributed by atoms with E-state index < -0.39 is 5.97 Å². The lowest BCUT2D eigenvalue weighted by atomic mass is 10.1. The van der Waals surface area contributed by atoms with E-state index in [2.05, 4.69) is 5.32 Å². The molecule has 0 radical (unpaired) electrons. The second-order valence-corrected chi connectivity index (χ2v) is 6.73. The van der Waals surface area contributed by atoms with Crippen molar-refractivity contribution in [2.45, 2.75) is 46.1 Å². The molecule has 0 aliphatic heterocycles. The fourth-order valence-electron chi connectivity index (χ4n) is 1.79. The second kappa shape index (κ2) is 8.77. The minimum atomic E-state index is -0.412. The third kappa shape index (κ3) is 8.45. The van der Waals surface area contributed by atoms with Crippen LogP contribution in [0.25, 0.3) is 0 Å². The Bertz CT molecular complexity index is 552. The molecule has 1 amide bonds. The minimum absolute atomic E-state index is 0.204. The molecule has 0 saturated heterocycles. The molecule has 5 nitrogen and oxygen atoms in total. The Balaban J connectivity index is 2.19. The largest absolute Gasteiger partial charge is 0.494 e. The van der Waals surface area contributed by atoms with Crippen LogP contribution in [0, 0.1) is 6.92 Å². The molecule has 0 atom stereocenters. The molecule has 0 aliphatic rings. The number of aryl methyl sites for hydroxylation is 1. The summed E-state index contributed by atoms with van der Waals surface area (Å²) in [5.74, 6) is -0.00601. The number of halogens is 1. The molecule has 0 heterocycles. The average molecular weight is 342 g/mol. The van der Waals surface area contributed by atoms with Gasteiger partial charge in [-0.3, -0.25) is 9.59 Å². The summed E-state index contributed by atoms with van der Waals surface area (Å²) < 4.78 is 10.5. The zero-order valence-electron chi connectivity index (χ0n) is 14.1. The zero-order valence-corrected chi connectivity index (χ0v) is 14.8. The van der Waals surface area contributed by atoms with E-state index in [0.717, 1.165) is 5.56 Å². The normalized spacial score (nSPS) is 11.0. The van der Waals surface area contributed by atoms with E-state index in [1.54, 1.807) is 12.1 Å². The maximum atomic E-state index is 11.5. The Kier molecular flexibility index (Phi) is 7.36. The summed E-state index contributed by atoms with van der Waals surface area (Å²) in [6.07, 6.45) is 0.719. The molecule has 0 aromatic heterocycles. The Labute approximate surface area is 142 Å². The van der Waals surface area contributed by atoms with Gasteiger partial charge in [-0.25, -0.2) is 0 Å². The van der Waals surface area contributed by atoms with Crippen LogP contribution < -0.4 is 10.1 Å². The molecule has 23 heavy (non-hydrogen) atoms. The third-order valence-corrected chi connectivity index (χ3v) is 3.23. The lowest BCUT2D eigenvalue weighted by Crippen LogP contribution is -2.42. The number of benzene rings is 1. The molecular weight excluding hydrogens is 318 g/mol. The van der Waals surface area contributed by atoms with Gasteiger partial charge in [-0.15, -0.1) is 0 Å². The van der Waals surface area contributed by atoms with Crippen molar-refractivity contribution in [2.75, 3.05) is 13.2 Å². The van der Waals surface area contributed by atoms with Gasteiger partial charge in [-0.2, -0.15) is 0 Å². The zero-order chi connectivity index (χ0) is 17.5. The van der Waals surface area contributed by atoms with E-state index in [9.17, 15) is 9.59 Å². The number of esters is 1. The Morgan fingerprint density at radius 3 is 2.57 bits per heavy atom. The van der Waals surface area contributed by atoms with Crippen LogP contribution in [0.4, 0.5) is 0 Å². The number of carbonyl (C=O) groups is 2. The SMILES string of the molecule is Cc1cc(OCCCC(=O)OCC(=O)NC(C)(C)C)ccc1Cl. The molecule has 128 valence electrons. The number of hydrogen-bond acceptors (Lipinski definition) is 4. The smallest absolute Gasteiger partial charge is 0.306 e. The molecule has 0 bridgehead atoms. The lowest BCUT2D eigenvalue weighted by Gasteiger charge is -2.20. The summed E-state index contributed by atoms with van der Waals surface area (Å²) in [5, 5.41) is 3.41. The van der Waals surface area contributed by atoms with E-state index in [0.29, 0.717) is 23.8 Å². The molecule has 1 rings (SSSR count). The summed E-state index contributed by atoms with van der Waals surface area (Å²) in [6, 6.07) is 5.40. The first kappa shape index (κ1) is 19.3. The van der Waals surface area contributed by atoms with Gasteiger partial charge in [0.05, 0.1) is 6.61 Å². The number of carbonyl (C=O) groups excluding carboxylic acids is 2. The predicted molar refractivity (Wildman–Crippen MR) is 89.8 cm³/mol. The van der Waals surface area contributed by atoms with Crippen LogP contribution in [0.2, 0.25) is 5.02 Å². The number of amides is 1. The highest BCUT2D eigenvalue weighted by Gasteiger charge is 2.15. The molecule has 1 N–H and O–H groups in total.